The van der Waals surface area contributed by atoms with E-state index in [0.717, 1.165) is 12.3 Å². The number of esters is 2. The minimum absolute atomic E-state index is 0.0125. The molecular formula is C13H16FNO5. The molecule has 0 aliphatic rings. The molecule has 0 fully saturated rings. The Morgan fingerprint density at radius 2 is 1.75 bits per heavy atom. The zero-order valence-electron chi connectivity index (χ0n) is 11.5. The lowest BCUT2D eigenvalue weighted by Gasteiger charge is -2.25. The molecule has 0 aliphatic carbocycles. The summed E-state index contributed by atoms with van der Waals surface area (Å²) in [6.07, 6.45) is 0.786. The molecule has 1 heterocycles. The number of hydrogen-bond acceptors (Lipinski definition) is 5. The maximum atomic E-state index is 13.9. The molecule has 7 heteroatoms. The van der Waals surface area contributed by atoms with Crippen LogP contribution in [0.5, 0.6) is 0 Å². The lowest BCUT2D eigenvalue weighted by atomic mass is 9.82. The van der Waals surface area contributed by atoms with Crippen molar-refractivity contribution >= 4 is 11.9 Å². The molecule has 0 bridgehead atoms. The molecule has 1 aromatic rings. The third-order valence-corrected chi connectivity index (χ3v) is 2.78. The highest BCUT2D eigenvalue weighted by Gasteiger charge is 2.48. The van der Waals surface area contributed by atoms with Gasteiger partial charge in [-0.2, -0.15) is 0 Å². The molecule has 0 aliphatic heterocycles. The van der Waals surface area contributed by atoms with Crippen LogP contribution < -0.4 is 5.56 Å². The maximum absolute atomic E-state index is 13.9. The molecule has 110 valence electrons. The second-order valence-corrected chi connectivity index (χ2v) is 4.12. The van der Waals surface area contributed by atoms with Crippen molar-refractivity contribution in [1.82, 2.24) is 4.98 Å². The molecule has 0 spiro atoms. The quantitative estimate of drug-likeness (QED) is 0.641. The van der Waals surface area contributed by atoms with Gasteiger partial charge in [0.15, 0.2) is 5.41 Å². The fraction of sp³-hybridized carbons (Fsp3) is 0.462. The number of hydrogen-bond donors (Lipinski definition) is 1. The smallest absolute Gasteiger partial charge is 0.327 e. The molecule has 0 radical (unpaired) electrons. The van der Waals surface area contributed by atoms with E-state index in [-0.39, 0.29) is 18.8 Å². The number of halogens is 1. The van der Waals surface area contributed by atoms with E-state index in [1.54, 1.807) is 13.8 Å². The Balaban J connectivity index is 3.44. The second kappa shape index (κ2) is 6.31. The average Bonchev–Trinajstić information content (AvgIpc) is 2.41. The summed E-state index contributed by atoms with van der Waals surface area (Å²) < 4.78 is 23.5. The topological polar surface area (TPSA) is 85.5 Å². The van der Waals surface area contributed by atoms with Gasteiger partial charge in [-0.15, -0.1) is 0 Å². The first-order valence-electron chi connectivity index (χ1n) is 6.11. The van der Waals surface area contributed by atoms with E-state index in [9.17, 15) is 18.8 Å². The van der Waals surface area contributed by atoms with Crippen molar-refractivity contribution in [2.75, 3.05) is 13.2 Å². The molecular weight excluding hydrogens is 269 g/mol. The summed E-state index contributed by atoms with van der Waals surface area (Å²) in [7, 11) is 0. The van der Waals surface area contributed by atoms with Crippen molar-refractivity contribution in [2.45, 2.75) is 26.2 Å². The van der Waals surface area contributed by atoms with E-state index in [1.807, 2.05) is 0 Å². The summed E-state index contributed by atoms with van der Waals surface area (Å²) in [6, 6.07) is 0.850. The number of rotatable bonds is 5. The fourth-order valence-corrected chi connectivity index (χ4v) is 1.69. The van der Waals surface area contributed by atoms with Gasteiger partial charge in [-0.05, 0) is 20.8 Å². The largest absolute Gasteiger partial charge is 0.465 e. The summed E-state index contributed by atoms with van der Waals surface area (Å²) in [5.41, 5.74) is -3.04. The number of carbonyl (C=O) groups is 2. The first-order chi connectivity index (χ1) is 9.37. The summed E-state index contributed by atoms with van der Waals surface area (Å²) in [5, 5.41) is 0. The Morgan fingerprint density at radius 3 is 2.20 bits per heavy atom. The Bertz CT molecular complexity index is 548. The molecule has 1 aromatic heterocycles. The molecule has 0 unspecified atom stereocenters. The molecule has 0 saturated heterocycles. The summed E-state index contributed by atoms with van der Waals surface area (Å²) in [6.45, 7) is 4.30. The number of pyridine rings is 1. The van der Waals surface area contributed by atoms with Gasteiger partial charge in [-0.25, -0.2) is 4.39 Å². The van der Waals surface area contributed by atoms with Crippen molar-refractivity contribution in [3.63, 3.8) is 0 Å². The third kappa shape index (κ3) is 2.87. The Morgan fingerprint density at radius 1 is 1.25 bits per heavy atom. The number of H-pyrrole nitrogens is 1. The summed E-state index contributed by atoms with van der Waals surface area (Å²) >= 11 is 0. The van der Waals surface area contributed by atoms with Crippen molar-refractivity contribution in [3.8, 4) is 0 Å². The highest BCUT2D eigenvalue weighted by Crippen LogP contribution is 2.28. The van der Waals surface area contributed by atoms with Crippen LogP contribution in [0.1, 0.15) is 26.3 Å². The first kappa shape index (κ1) is 15.9. The first-order valence-corrected chi connectivity index (χ1v) is 6.11. The predicted octanol–water partition coefficient (Wildman–Crippen LogP) is 0.898. The van der Waals surface area contributed by atoms with E-state index >= 15 is 0 Å². The molecule has 0 saturated carbocycles. The molecule has 20 heavy (non-hydrogen) atoms. The number of carbonyl (C=O) groups excluding carboxylic acids is 2. The van der Waals surface area contributed by atoms with Crippen LogP contribution in [-0.4, -0.2) is 30.1 Å². The maximum Gasteiger partial charge on any atom is 0.327 e. The van der Waals surface area contributed by atoms with Gasteiger partial charge in [0.05, 0.1) is 13.2 Å². The van der Waals surface area contributed by atoms with Gasteiger partial charge in [-0.1, -0.05) is 0 Å². The zero-order valence-corrected chi connectivity index (χ0v) is 11.5. The van der Waals surface area contributed by atoms with Crippen LogP contribution in [0.15, 0.2) is 17.1 Å². The molecule has 1 N–H and O–H groups in total. The highest BCUT2D eigenvalue weighted by atomic mass is 19.1. The summed E-state index contributed by atoms with van der Waals surface area (Å²) in [4.78, 5) is 37.5. The van der Waals surface area contributed by atoms with Crippen molar-refractivity contribution in [1.29, 1.82) is 0 Å². The van der Waals surface area contributed by atoms with Gasteiger partial charge in [0.2, 0.25) is 5.56 Å². The average molecular weight is 285 g/mol. The number of aromatic nitrogens is 1. The minimum Gasteiger partial charge on any atom is -0.465 e. The number of ether oxygens (including phenoxy) is 2. The van der Waals surface area contributed by atoms with E-state index in [2.05, 4.69) is 4.98 Å². The second-order valence-electron chi connectivity index (χ2n) is 4.12. The normalized spacial score (nSPS) is 11.0. The number of aromatic amines is 1. The van der Waals surface area contributed by atoms with E-state index in [4.69, 9.17) is 9.47 Å². The summed E-state index contributed by atoms with van der Waals surface area (Å²) in [5.74, 6) is -2.83. The van der Waals surface area contributed by atoms with Crippen LogP contribution in [-0.2, 0) is 24.5 Å². The minimum atomic E-state index is -2.02. The third-order valence-electron chi connectivity index (χ3n) is 2.78. The molecule has 0 aromatic carbocycles. The van der Waals surface area contributed by atoms with Crippen LogP contribution in [0.4, 0.5) is 4.39 Å². The molecule has 0 atom stereocenters. The fourth-order valence-electron chi connectivity index (χ4n) is 1.69. The predicted molar refractivity (Wildman–Crippen MR) is 67.6 cm³/mol. The Kier molecular flexibility index (Phi) is 5.01. The van der Waals surface area contributed by atoms with Crippen LogP contribution in [0.25, 0.3) is 0 Å². The highest BCUT2D eigenvalue weighted by molar-refractivity contribution is 6.05. The molecule has 6 nitrogen and oxygen atoms in total. The van der Waals surface area contributed by atoms with Gasteiger partial charge in [0.25, 0.3) is 0 Å². The monoisotopic (exact) mass is 285 g/mol. The van der Waals surface area contributed by atoms with Gasteiger partial charge in [0, 0.05) is 17.8 Å². The SMILES string of the molecule is CCOC(=O)C(C)(C(=O)OCC)c1cc(=O)[nH]cc1F. The van der Waals surface area contributed by atoms with Crippen LogP contribution in [0.3, 0.4) is 0 Å². The van der Waals surface area contributed by atoms with E-state index in [1.165, 1.54) is 6.92 Å². The van der Waals surface area contributed by atoms with Gasteiger partial charge in [0.1, 0.15) is 5.82 Å². The van der Waals surface area contributed by atoms with Gasteiger partial charge >= 0.3 is 11.9 Å². The lowest BCUT2D eigenvalue weighted by Crippen LogP contribution is -2.45. The van der Waals surface area contributed by atoms with Crippen molar-refractivity contribution in [2.24, 2.45) is 0 Å². The Labute approximate surface area is 114 Å². The zero-order chi connectivity index (χ0) is 15.3. The molecule has 0 amide bonds. The van der Waals surface area contributed by atoms with E-state index in [0.29, 0.717) is 0 Å². The van der Waals surface area contributed by atoms with Crippen LogP contribution in [0, 0.1) is 5.82 Å². The van der Waals surface area contributed by atoms with Gasteiger partial charge in [-0.3, -0.25) is 14.4 Å². The number of nitrogens with one attached hydrogen (secondary N) is 1. The lowest BCUT2D eigenvalue weighted by molar-refractivity contribution is -0.164. The van der Waals surface area contributed by atoms with Crippen LogP contribution >= 0.6 is 0 Å². The molecule has 1 rings (SSSR count). The van der Waals surface area contributed by atoms with Gasteiger partial charge < -0.3 is 14.5 Å². The van der Waals surface area contributed by atoms with Crippen LogP contribution in [0.2, 0.25) is 0 Å². The standard InChI is InChI=1S/C13H16FNO5/c1-4-19-11(17)13(3,12(18)20-5-2)8-6-10(16)15-7-9(8)14/h6-7H,4-5H2,1-3H3,(H,15,16). The van der Waals surface area contributed by atoms with Crippen molar-refractivity contribution in [3.05, 3.63) is 34.0 Å². The Hall–Kier alpha value is -2.18. The van der Waals surface area contributed by atoms with Crippen molar-refractivity contribution < 1.29 is 23.5 Å². The van der Waals surface area contributed by atoms with E-state index < -0.39 is 28.7 Å².